The van der Waals surface area contributed by atoms with Crippen molar-refractivity contribution in [3.8, 4) is 0 Å². The molecule has 2 saturated carbocycles. The molecule has 92 valence electrons. The van der Waals surface area contributed by atoms with Crippen molar-refractivity contribution in [2.75, 3.05) is 6.54 Å². The Morgan fingerprint density at radius 3 is 2.62 bits per heavy atom. The summed E-state index contributed by atoms with van der Waals surface area (Å²) >= 11 is 0. The Hall–Kier alpha value is -0.0800. The van der Waals surface area contributed by atoms with Crippen molar-refractivity contribution in [1.29, 1.82) is 0 Å². The average Bonchev–Trinajstić information content (AvgIpc) is 2.91. The summed E-state index contributed by atoms with van der Waals surface area (Å²) < 4.78 is 0. The quantitative estimate of drug-likeness (QED) is 0.777. The molecule has 0 spiro atoms. The lowest BCUT2D eigenvalue weighted by molar-refractivity contribution is 0.0817. The van der Waals surface area contributed by atoms with E-state index in [1.807, 2.05) is 0 Å². The molecular weight excluding hydrogens is 196 g/mol. The summed E-state index contributed by atoms with van der Waals surface area (Å²) in [4.78, 5) is 2.79. The van der Waals surface area contributed by atoms with Gasteiger partial charge in [0, 0.05) is 24.7 Å². The predicted octanol–water partition coefficient (Wildman–Crippen LogP) is 2.38. The van der Waals surface area contributed by atoms with E-state index in [4.69, 9.17) is 5.73 Å². The van der Waals surface area contributed by atoms with Crippen LogP contribution in [0.25, 0.3) is 0 Å². The zero-order valence-electron chi connectivity index (χ0n) is 10.6. The summed E-state index contributed by atoms with van der Waals surface area (Å²) in [6.07, 6.45) is 9.77. The van der Waals surface area contributed by atoms with Gasteiger partial charge in [0.15, 0.2) is 0 Å². The predicted molar refractivity (Wildman–Crippen MR) is 67.2 cm³/mol. The molecule has 2 nitrogen and oxygen atoms in total. The topological polar surface area (TPSA) is 29.3 Å². The van der Waals surface area contributed by atoms with E-state index in [0.29, 0.717) is 12.1 Å². The summed E-state index contributed by atoms with van der Waals surface area (Å²) in [6, 6.07) is 2.08. The van der Waals surface area contributed by atoms with E-state index in [2.05, 4.69) is 11.8 Å². The van der Waals surface area contributed by atoms with Gasteiger partial charge in [-0.1, -0.05) is 13.3 Å². The molecular formula is C14H26N2. The van der Waals surface area contributed by atoms with Gasteiger partial charge in [-0.25, -0.2) is 0 Å². The van der Waals surface area contributed by atoms with Crippen molar-refractivity contribution < 1.29 is 0 Å². The van der Waals surface area contributed by atoms with Crippen LogP contribution in [0, 0.1) is 11.8 Å². The lowest BCUT2D eigenvalue weighted by atomic mass is 9.80. The van der Waals surface area contributed by atoms with E-state index < -0.39 is 0 Å². The molecule has 3 aliphatic rings. The Kier molecular flexibility index (Phi) is 2.97. The maximum absolute atomic E-state index is 6.37. The minimum Gasteiger partial charge on any atom is -0.326 e. The van der Waals surface area contributed by atoms with Crippen LogP contribution in [0.5, 0.6) is 0 Å². The van der Waals surface area contributed by atoms with Crippen molar-refractivity contribution in [2.24, 2.45) is 17.6 Å². The highest BCUT2D eigenvalue weighted by molar-refractivity contribution is 4.99. The molecule has 5 unspecified atom stereocenters. The molecule has 3 fully saturated rings. The minimum atomic E-state index is 0.460. The van der Waals surface area contributed by atoms with Gasteiger partial charge in [-0.05, 0) is 50.4 Å². The third kappa shape index (κ3) is 1.80. The molecule has 0 aromatic heterocycles. The van der Waals surface area contributed by atoms with Crippen LogP contribution < -0.4 is 5.73 Å². The van der Waals surface area contributed by atoms with Crippen LogP contribution in [-0.4, -0.2) is 29.6 Å². The highest BCUT2D eigenvalue weighted by atomic mass is 15.2. The summed E-state index contributed by atoms with van der Waals surface area (Å²) in [5.74, 6) is 1.96. The monoisotopic (exact) mass is 222 g/mol. The van der Waals surface area contributed by atoms with Crippen LogP contribution in [0.4, 0.5) is 0 Å². The first kappa shape index (κ1) is 11.0. The van der Waals surface area contributed by atoms with Crippen LogP contribution in [0.1, 0.15) is 51.9 Å². The molecule has 2 heteroatoms. The van der Waals surface area contributed by atoms with Crippen molar-refractivity contribution in [1.82, 2.24) is 4.90 Å². The molecule has 5 atom stereocenters. The van der Waals surface area contributed by atoms with Gasteiger partial charge in [0.05, 0.1) is 0 Å². The molecule has 0 amide bonds. The third-order valence-electron chi connectivity index (χ3n) is 5.43. The van der Waals surface area contributed by atoms with Crippen LogP contribution in [0.2, 0.25) is 0 Å². The number of fused-ring (bicyclic) bond motifs is 2. The molecule has 16 heavy (non-hydrogen) atoms. The molecule has 2 bridgehead atoms. The van der Waals surface area contributed by atoms with Crippen molar-refractivity contribution in [3.05, 3.63) is 0 Å². The number of rotatable bonds is 2. The maximum Gasteiger partial charge on any atom is 0.0252 e. The molecule has 3 rings (SSSR count). The molecule has 2 aliphatic carbocycles. The fraction of sp³-hybridized carbons (Fsp3) is 1.00. The third-order valence-corrected chi connectivity index (χ3v) is 5.43. The first-order valence-electron chi connectivity index (χ1n) is 7.29. The smallest absolute Gasteiger partial charge is 0.0252 e. The summed E-state index contributed by atoms with van der Waals surface area (Å²) in [6.45, 7) is 3.70. The number of piperidine rings is 1. The van der Waals surface area contributed by atoms with Gasteiger partial charge in [-0.2, -0.15) is 0 Å². The fourth-order valence-corrected chi connectivity index (χ4v) is 4.38. The van der Waals surface area contributed by atoms with Crippen molar-refractivity contribution in [3.63, 3.8) is 0 Å². The second kappa shape index (κ2) is 4.30. The minimum absolute atomic E-state index is 0.460. The molecule has 1 heterocycles. The molecule has 0 aromatic rings. The van der Waals surface area contributed by atoms with Gasteiger partial charge in [0.1, 0.15) is 0 Å². The fourth-order valence-electron chi connectivity index (χ4n) is 4.38. The first-order chi connectivity index (χ1) is 7.78. The second-order valence-electron chi connectivity index (χ2n) is 6.35. The molecule has 0 radical (unpaired) electrons. The Morgan fingerprint density at radius 2 is 2.00 bits per heavy atom. The number of hydrogen-bond acceptors (Lipinski definition) is 2. The lowest BCUT2D eigenvalue weighted by Crippen LogP contribution is -2.53. The van der Waals surface area contributed by atoms with E-state index in [1.54, 1.807) is 0 Å². The summed E-state index contributed by atoms with van der Waals surface area (Å²) in [7, 11) is 0. The number of nitrogens with two attached hydrogens (primary N) is 1. The average molecular weight is 222 g/mol. The maximum atomic E-state index is 6.37. The van der Waals surface area contributed by atoms with Gasteiger partial charge in [-0.15, -0.1) is 0 Å². The SMILES string of the molecule is CCC1CCC(N)C(N2CC3CCC2C3)C1. The normalized spacial score (nSPS) is 48.8. The van der Waals surface area contributed by atoms with Crippen LogP contribution in [-0.2, 0) is 0 Å². The number of nitrogens with zero attached hydrogens (tertiary/aromatic N) is 1. The van der Waals surface area contributed by atoms with Crippen LogP contribution in [0.15, 0.2) is 0 Å². The van der Waals surface area contributed by atoms with Gasteiger partial charge in [0.25, 0.3) is 0 Å². The van der Waals surface area contributed by atoms with E-state index in [1.165, 1.54) is 51.5 Å². The summed E-state index contributed by atoms with van der Waals surface area (Å²) in [5.41, 5.74) is 6.37. The van der Waals surface area contributed by atoms with Crippen molar-refractivity contribution >= 4 is 0 Å². The molecule has 0 aromatic carbocycles. The zero-order valence-corrected chi connectivity index (χ0v) is 10.6. The van der Waals surface area contributed by atoms with Crippen molar-refractivity contribution in [2.45, 2.75) is 70.0 Å². The van der Waals surface area contributed by atoms with Crippen LogP contribution >= 0.6 is 0 Å². The van der Waals surface area contributed by atoms with Gasteiger partial charge in [-0.3, -0.25) is 4.90 Å². The first-order valence-corrected chi connectivity index (χ1v) is 7.29. The van der Waals surface area contributed by atoms with E-state index in [-0.39, 0.29) is 0 Å². The Bertz CT molecular complexity index is 253. The highest BCUT2D eigenvalue weighted by Crippen LogP contribution is 2.41. The Morgan fingerprint density at radius 1 is 1.12 bits per heavy atom. The van der Waals surface area contributed by atoms with Gasteiger partial charge >= 0.3 is 0 Å². The van der Waals surface area contributed by atoms with E-state index >= 15 is 0 Å². The second-order valence-corrected chi connectivity index (χ2v) is 6.35. The Balaban J connectivity index is 1.68. The molecule has 2 N–H and O–H groups in total. The molecule has 1 aliphatic heterocycles. The van der Waals surface area contributed by atoms with E-state index in [9.17, 15) is 0 Å². The van der Waals surface area contributed by atoms with Gasteiger partial charge < -0.3 is 5.73 Å². The Labute approximate surface area is 99.6 Å². The zero-order chi connectivity index (χ0) is 11.1. The standard InChI is InChI=1S/C14H26N2/c1-2-10-4-6-13(15)14(8-10)16-9-11-3-5-12(16)7-11/h10-14H,2-9,15H2,1H3. The van der Waals surface area contributed by atoms with Gasteiger partial charge in [0.2, 0.25) is 0 Å². The largest absolute Gasteiger partial charge is 0.326 e. The highest BCUT2D eigenvalue weighted by Gasteiger charge is 2.43. The summed E-state index contributed by atoms with van der Waals surface area (Å²) in [5, 5.41) is 0. The number of likely N-dealkylation sites (tertiary alicyclic amines) is 1. The number of hydrogen-bond donors (Lipinski definition) is 1. The van der Waals surface area contributed by atoms with E-state index in [0.717, 1.165) is 17.9 Å². The molecule has 1 saturated heterocycles. The van der Waals surface area contributed by atoms with Crippen LogP contribution in [0.3, 0.4) is 0 Å². The lowest BCUT2D eigenvalue weighted by Gasteiger charge is -2.43.